The third kappa shape index (κ3) is 4.29. The van der Waals surface area contributed by atoms with Gasteiger partial charge in [-0.25, -0.2) is 4.99 Å². The van der Waals surface area contributed by atoms with E-state index in [1.165, 1.54) is 0 Å². The molecule has 18 heavy (non-hydrogen) atoms. The number of nitrogens with zero attached hydrogens (tertiary/aromatic N) is 1. The largest absolute Gasteiger partial charge is 0.386 e. The first-order valence-corrected chi connectivity index (χ1v) is 6.89. The third-order valence-corrected chi connectivity index (χ3v) is 3.98. The molecule has 1 saturated heterocycles. The third-order valence-electron chi connectivity index (χ3n) is 2.50. The van der Waals surface area contributed by atoms with Crippen LogP contribution in [0.15, 0.2) is 23.2 Å². The zero-order chi connectivity index (χ0) is 12.3. The lowest BCUT2D eigenvalue weighted by Gasteiger charge is -2.21. The molecule has 0 saturated carbocycles. The van der Waals surface area contributed by atoms with E-state index in [1.54, 1.807) is 11.8 Å². The zero-order valence-corrected chi connectivity index (χ0v) is 14.0. The second kappa shape index (κ2) is 7.57. The molecular weight excluding hydrogens is 383 g/mol. The molecule has 0 radical (unpaired) electrons. The second-order valence-corrected chi connectivity index (χ2v) is 5.64. The number of hydrogen-bond donors (Lipinski definition) is 1. The highest BCUT2D eigenvalue weighted by Gasteiger charge is 2.18. The van der Waals surface area contributed by atoms with Crippen molar-refractivity contribution in [3.8, 4) is 0 Å². The van der Waals surface area contributed by atoms with E-state index >= 15 is 0 Å². The highest BCUT2D eigenvalue weighted by Crippen LogP contribution is 2.27. The number of aliphatic imine (C=N–C) groups is 1. The number of halogens is 2. The van der Waals surface area contributed by atoms with E-state index in [1.807, 2.05) is 25.1 Å². The first-order chi connectivity index (χ1) is 8.16. The number of benzene rings is 1. The van der Waals surface area contributed by atoms with Crippen molar-refractivity contribution >= 4 is 58.9 Å². The first kappa shape index (κ1) is 16.1. The topological polar surface area (TPSA) is 47.6 Å². The van der Waals surface area contributed by atoms with Gasteiger partial charge in [0, 0.05) is 5.75 Å². The van der Waals surface area contributed by atoms with Crippen molar-refractivity contribution in [2.75, 3.05) is 19.0 Å². The van der Waals surface area contributed by atoms with Crippen LogP contribution in [0.25, 0.3) is 0 Å². The van der Waals surface area contributed by atoms with Crippen LogP contribution in [-0.2, 0) is 4.74 Å². The van der Waals surface area contributed by atoms with Gasteiger partial charge in [-0.2, -0.15) is 0 Å². The predicted molar refractivity (Wildman–Crippen MR) is 90.0 cm³/mol. The summed E-state index contributed by atoms with van der Waals surface area (Å²) in [6.45, 7) is 3.41. The summed E-state index contributed by atoms with van der Waals surface area (Å²) in [6, 6.07) is 5.75. The Morgan fingerprint density at radius 1 is 1.56 bits per heavy atom. The lowest BCUT2D eigenvalue weighted by molar-refractivity contribution is 0.153. The molecule has 0 amide bonds. The minimum atomic E-state index is 0. The van der Waals surface area contributed by atoms with Crippen LogP contribution in [0.5, 0.6) is 0 Å². The summed E-state index contributed by atoms with van der Waals surface area (Å²) in [5.41, 5.74) is 7.81. The maximum atomic E-state index is 6.11. The quantitative estimate of drug-likeness (QED) is 0.472. The fourth-order valence-electron chi connectivity index (χ4n) is 1.57. The summed E-state index contributed by atoms with van der Waals surface area (Å²) in [5.74, 6) is 1.54. The molecule has 1 fully saturated rings. The summed E-state index contributed by atoms with van der Waals surface area (Å²) in [4.78, 5) is 4.38. The van der Waals surface area contributed by atoms with Gasteiger partial charge in [-0.3, -0.25) is 0 Å². The number of nitrogens with two attached hydrogens (primary N) is 1. The molecule has 6 heteroatoms. The average molecular weight is 399 g/mol. The molecule has 1 aromatic carbocycles. The predicted octanol–water partition coefficient (Wildman–Crippen LogP) is 3.39. The minimum Gasteiger partial charge on any atom is -0.386 e. The number of thioether (sulfide) groups is 1. The highest BCUT2D eigenvalue weighted by atomic mass is 127. The maximum Gasteiger partial charge on any atom is 0.115 e. The summed E-state index contributed by atoms with van der Waals surface area (Å²) < 4.78 is 5.38. The molecule has 0 aliphatic carbocycles. The van der Waals surface area contributed by atoms with Crippen LogP contribution in [0.3, 0.4) is 0 Å². The van der Waals surface area contributed by atoms with E-state index in [0.29, 0.717) is 17.5 Å². The summed E-state index contributed by atoms with van der Waals surface area (Å²) in [7, 11) is 0. The van der Waals surface area contributed by atoms with Crippen molar-refractivity contribution in [1.29, 1.82) is 0 Å². The Morgan fingerprint density at radius 3 is 2.94 bits per heavy atom. The van der Waals surface area contributed by atoms with Crippen molar-refractivity contribution in [1.82, 2.24) is 0 Å². The van der Waals surface area contributed by atoms with Crippen LogP contribution in [0.4, 0.5) is 5.69 Å². The Hall–Kier alpha value is 0.0200. The molecular formula is C12H16ClIN2OS. The smallest absolute Gasteiger partial charge is 0.115 e. The molecule has 0 bridgehead atoms. The Bertz CT molecular complexity index is 436. The van der Waals surface area contributed by atoms with Crippen LogP contribution < -0.4 is 5.73 Å². The van der Waals surface area contributed by atoms with Gasteiger partial charge in [-0.1, -0.05) is 17.7 Å². The molecule has 2 rings (SSSR count). The first-order valence-electron chi connectivity index (χ1n) is 5.46. The number of hydrogen-bond acceptors (Lipinski definition) is 3. The number of ether oxygens (including phenoxy) is 1. The fraction of sp³-hybridized carbons (Fsp3) is 0.417. The summed E-state index contributed by atoms with van der Waals surface area (Å²) in [5, 5.41) is 0.774. The lowest BCUT2D eigenvalue weighted by Crippen LogP contribution is -2.34. The van der Waals surface area contributed by atoms with Gasteiger partial charge >= 0.3 is 0 Å². The van der Waals surface area contributed by atoms with Crippen molar-refractivity contribution < 1.29 is 4.74 Å². The standard InChI is InChI=1S/C12H15ClN2OS.HI/c1-8-2-3-10(9(13)6-8)15-12(14)11-7-16-4-5-17-11;/h2-3,6,11H,4-5,7H2,1H3,(H2,14,15);1H. The van der Waals surface area contributed by atoms with Crippen LogP contribution in [0.1, 0.15) is 5.56 Å². The van der Waals surface area contributed by atoms with Crippen LogP contribution in [0.2, 0.25) is 5.02 Å². The van der Waals surface area contributed by atoms with E-state index in [-0.39, 0.29) is 29.2 Å². The average Bonchev–Trinajstić information content (AvgIpc) is 2.34. The SMILES string of the molecule is Cc1ccc(N=C(N)C2COCCS2)c(Cl)c1.I. The lowest BCUT2D eigenvalue weighted by atomic mass is 10.2. The Balaban J connectivity index is 0.00000162. The van der Waals surface area contributed by atoms with E-state index in [0.717, 1.165) is 23.6 Å². The Labute approximate surface area is 134 Å². The molecule has 3 nitrogen and oxygen atoms in total. The van der Waals surface area contributed by atoms with E-state index in [9.17, 15) is 0 Å². The molecule has 1 atom stereocenters. The molecule has 100 valence electrons. The van der Waals surface area contributed by atoms with Gasteiger partial charge in [-0.15, -0.1) is 35.7 Å². The van der Waals surface area contributed by atoms with Crippen molar-refractivity contribution in [3.05, 3.63) is 28.8 Å². The molecule has 1 heterocycles. The number of aryl methyl sites for hydroxylation is 1. The highest BCUT2D eigenvalue weighted by molar-refractivity contribution is 14.0. The van der Waals surface area contributed by atoms with Crippen molar-refractivity contribution in [3.63, 3.8) is 0 Å². The monoisotopic (exact) mass is 398 g/mol. The summed E-state index contributed by atoms with van der Waals surface area (Å²) in [6.07, 6.45) is 0. The van der Waals surface area contributed by atoms with E-state index < -0.39 is 0 Å². The van der Waals surface area contributed by atoms with Crippen LogP contribution in [-0.4, -0.2) is 30.1 Å². The molecule has 1 aliphatic heterocycles. The van der Waals surface area contributed by atoms with Gasteiger partial charge < -0.3 is 10.5 Å². The zero-order valence-electron chi connectivity index (χ0n) is 10.1. The van der Waals surface area contributed by atoms with Crippen molar-refractivity contribution in [2.45, 2.75) is 12.2 Å². The normalized spacial score (nSPS) is 20.3. The van der Waals surface area contributed by atoms with Gasteiger partial charge in [0.25, 0.3) is 0 Å². The number of amidine groups is 1. The van der Waals surface area contributed by atoms with Gasteiger partial charge in [0.1, 0.15) is 5.84 Å². The van der Waals surface area contributed by atoms with Crippen molar-refractivity contribution in [2.24, 2.45) is 10.7 Å². The van der Waals surface area contributed by atoms with Gasteiger partial charge in [0.2, 0.25) is 0 Å². The Morgan fingerprint density at radius 2 is 2.33 bits per heavy atom. The van der Waals surface area contributed by atoms with Crippen LogP contribution >= 0.6 is 47.3 Å². The molecule has 0 spiro atoms. The maximum absolute atomic E-state index is 6.11. The van der Waals surface area contributed by atoms with Crippen LogP contribution in [0, 0.1) is 6.92 Å². The molecule has 1 aromatic rings. The Kier molecular flexibility index (Phi) is 6.76. The fourth-order valence-corrected chi connectivity index (χ4v) is 2.76. The van der Waals surface area contributed by atoms with E-state index in [4.69, 9.17) is 22.1 Å². The molecule has 2 N–H and O–H groups in total. The van der Waals surface area contributed by atoms with Gasteiger partial charge in [-0.05, 0) is 24.6 Å². The summed E-state index contributed by atoms with van der Waals surface area (Å²) >= 11 is 7.89. The molecule has 1 unspecified atom stereocenters. The van der Waals surface area contributed by atoms with Gasteiger partial charge in [0.05, 0.1) is 29.2 Å². The molecule has 1 aliphatic rings. The van der Waals surface area contributed by atoms with E-state index in [2.05, 4.69) is 4.99 Å². The second-order valence-electron chi connectivity index (χ2n) is 3.93. The minimum absolute atomic E-state index is 0. The molecule has 0 aromatic heterocycles. The number of rotatable bonds is 2. The van der Waals surface area contributed by atoms with Gasteiger partial charge in [0.15, 0.2) is 0 Å².